The molecular formula is C6H11BrO2. The standard InChI is InChI=1S/C6H11BrO2/c1-3-5(2)4-9-6(7)8/h5H,3-4H2,1-2H3. The molecular weight excluding hydrogens is 184 g/mol. The number of carbonyl (C=O) groups is 1. The van der Waals surface area contributed by atoms with Crippen LogP contribution < -0.4 is 0 Å². The molecule has 2 nitrogen and oxygen atoms in total. The van der Waals surface area contributed by atoms with Crippen LogP contribution >= 0.6 is 15.9 Å². The summed E-state index contributed by atoms with van der Waals surface area (Å²) in [7, 11) is 0. The van der Waals surface area contributed by atoms with Gasteiger partial charge >= 0.3 is 4.88 Å². The quantitative estimate of drug-likeness (QED) is 0.647. The Kier molecular flexibility index (Phi) is 4.77. The van der Waals surface area contributed by atoms with E-state index in [1.807, 2.05) is 6.92 Å². The molecule has 0 saturated heterocycles. The van der Waals surface area contributed by atoms with Crippen molar-refractivity contribution < 1.29 is 9.53 Å². The van der Waals surface area contributed by atoms with Gasteiger partial charge in [0.1, 0.15) is 0 Å². The molecule has 0 amide bonds. The molecule has 0 aliphatic heterocycles. The Hall–Kier alpha value is -0.0500. The summed E-state index contributed by atoms with van der Waals surface area (Å²) in [6, 6.07) is 0. The second-order valence-corrected chi connectivity index (χ2v) is 2.71. The Bertz CT molecular complexity index is 93.1. The molecule has 0 aromatic rings. The lowest BCUT2D eigenvalue weighted by Crippen LogP contribution is -2.05. The fourth-order valence-corrected chi connectivity index (χ4v) is 0.458. The molecule has 0 N–H and O–H groups in total. The smallest absolute Gasteiger partial charge is 0.374 e. The Morgan fingerprint density at radius 1 is 1.78 bits per heavy atom. The van der Waals surface area contributed by atoms with E-state index in [4.69, 9.17) is 0 Å². The van der Waals surface area contributed by atoms with E-state index in [9.17, 15) is 4.79 Å². The van der Waals surface area contributed by atoms with Gasteiger partial charge in [-0.3, -0.25) is 0 Å². The fourth-order valence-electron chi connectivity index (χ4n) is 0.326. The highest BCUT2D eigenvalue weighted by Gasteiger charge is 2.00. The van der Waals surface area contributed by atoms with Gasteiger partial charge in [-0.2, -0.15) is 0 Å². The third-order valence-electron chi connectivity index (χ3n) is 1.18. The highest BCUT2D eigenvalue weighted by molar-refractivity contribution is 9.18. The predicted octanol–water partition coefficient (Wildman–Crippen LogP) is 2.56. The van der Waals surface area contributed by atoms with Crippen LogP contribution in [0.3, 0.4) is 0 Å². The Labute approximate surface area is 63.7 Å². The number of halogens is 1. The number of hydrogen-bond donors (Lipinski definition) is 0. The zero-order valence-corrected chi connectivity index (χ0v) is 7.27. The van der Waals surface area contributed by atoms with Crippen LogP contribution in [0.5, 0.6) is 0 Å². The van der Waals surface area contributed by atoms with Gasteiger partial charge in [0.15, 0.2) is 0 Å². The molecule has 0 aliphatic rings. The van der Waals surface area contributed by atoms with E-state index in [0.29, 0.717) is 12.5 Å². The van der Waals surface area contributed by atoms with Crippen LogP contribution in [0.25, 0.3) is 0 Å². The van der Waals surface area contributed by atoms with Gasteiger partial charge in [-0.15, -0.1) is 0 Å². The summed E-state index contributed by atoms with van der Waals surface area (Å²) in [5, 5.41) is 0. The molecule has 0 bridgehead atoms. The SMILES string of the molecule is CCC(C)COC(=O)Br. The van der Waals surface area contributed by atoms with Crippen LogP contribution in [-0.4, -0.2) is 11.5 Å². The van der Waals surface area contributed by atoms with E-state index in [1.165, 1.54) is 0 Å². The molecule has 0 saturated carbocycles. The first kappa shape index (κ1) is 8.95. The van der Waals surface area contributed by atoms with Crippen LogP contribution in [0, 0.1) is 5.92 Å². The van der Waals surface area contributed by atoms with Crippen LogP contribution in [0.1, 0.15) is 20.3 Å². The van der Waals surface area contributed by atoms with Crippen LogP contribution in [0.15, 0.2) is 0 Å². The molecule has 0 heterocycles. The minimum absolute atomic E-state index is 0.372. The number of ether oxygens (including phenoxy) is 1. The lowest BCUT2D eigenvalue weighted by molar-refractivity contribution is 0.157. The van der Waals surface area contributed by atoms with Gasteiger partial charge in [0.05, 0.1) is 6.61 Å². The lowest BCUT2D eigenvalue weighted by Gasteiger charge is -2.05. The molecule has 0 aliphatic carbocycles. The van der Waals surface area contributed by atoms with Gasteiger partial charge in [-0.05, 0) is 5.92 Å². The van der Waals surface area contributed by atoms with E-state index >= 15 is 0 Å². The summed E-state index contributed by atoms with van der Waals surface area (Å²) < 4.78 is 4.67. The highest BCUT2D eigenvalue weighted by Crippen LogP contribution is 2.02. The van der Waals surface area contributed by atoms with Crippen molar-refractivity contribution in [2.45, 2.75) is 20.3 Å². The Morgan fingerprint density at radius 2 is 2.33 bits per heavy atom. The van der Waals surface area contributed by atoms with Gasteiger partial charge in [-0.1, -0.05) is 20.3 Å². The maximum absolute atomic E-state index is 10.2. The van der Waals surface area contributed by atoms with Crippen molar-refractivity contribution in [1.82, 2.24) is 0 Å². The summed E-state index contributed by atoms with van der Waals surface area (Å²) in [6.07, 6.45) is 1.04. The first-order chi connectivity index (χ1) is 4.16. The molecule has 0 rings (SSSR count). The number of hydrogen-bond acceptors (Lipinski definition) is 2. The van der Waals surface area contributed by atoms with Crippen molar-refractivity contribution >= 4 is 20.8 Å². The van der Waals surface area contributed by atoms with E-state index in [2.05, 4.69) is 27.6 Å². The molecule has 0 spiro atoms. The maximum atomic E-state index is 10.2. The van der Waals surface area contributed by atoms with E-state index in [-0.39, 0.29) is 4.88 Å². The molecule has 1 unspecified atom stereocenters. The molecule has 0 fully saturated rings. The zero-order chi connectivity index (χ0) is 7.28. The van der Waals surface area contributed by atoms with Crippen molar-refractivity contribution in [3.8, 4) is 0 Å². The van der Waals surface area contributed by atoms with E-state index in [1.54, 1.807) is 0 Å². The first-order valence-electron chi connectivity index (χ1n) is 2.99. The van der Waals surface area contributed by atoms with Gasteiger partial charge in [-0.25, -0.2) is 4.79 Å². The Morgan fingerprint density at radius 3 is 2.67 bits per heavy atom. The second kappa shape index (κ2) is 4.79. The summed E-state index contributed by atoms with van der Waals surface area (Å²) in [6.45, 7) is 4.61. The molecule has 0 radical (unpaired) electrons. The topological polar surface area (TPSA) is 26.3 Å². The molecule has 3 heteroatoms. The molecule has 9 heavy (non-hydrogen) atoms. The second-order valence-electron chi connectivity index (χ2n) is 2.06. The van der Waals surface area contributed by atoms with Crippen molar-refractivity contribution in [1.29, 1.82) is 0 Å². The summed E-state index contributed by atoms with van der Waals surface area (Å²) >= 11 is 2.67. The highest BCUT2D eigenvalue weighted by atomic mass is 79.9. The largest absolute Gasteiger partial charge is 0.457 e. The third-order valence-corrected chi connectivity index (χ3v) is 1.41. The molecule has 1 atom stereocenters. The van der Waals surface area contributed by atoms with Crippen molar-refractivity contribution in [2.24, 2.45) is 5.92 Å². The minimum atomic E-state index is -0.372. The summed E-state index contributed by atoms with van der Waals surface area (Å²) in [5.41, 5.74) is 0. The van der Waals surface area contributed by atoms with Gasteiger partial charge in [0.25, 0.3) is 0 Å². The third kappa shape index (κ3) is 5.83. The molecule has 54 valence electrons. The average Bonchev–Trinajstić information content (AvgIpc) is 1.83. The van der Waals surface area contributed by atoms with Crippen molar-refractivity contribution in [3.63, 3.8) is 0 Å². The summed E-state index contributed by atoms with van der Waals surface area (Å²) in [5.74, 6) is 0.464. The molecule has 0 aromatic carbocycles. The van der Waals surface area contributed by atoms with E-state index < -0.39 is 0 Å². The number of carbonyl (C=O) groups excluding carboxylic acids is 1. The minimum Gasteiger partial charge on any atom is -0.457 e. The predicted molar refractivity (Wildman–Crippen MR) is 39.7 cm³/mol. The first-order valence-corrected chi connectivity index (χ1v) is 3.78. The van der Waals surface area contributed by atoms with Crippen LogP contribution in [-0.2, 0) is 4.74 Å². The fraction of sp³-hybridized carbons (Fsp3) is 0.833. The van der Waals surface area contributed by atoms with Gasteiger partial charge in [0.2, 0.25) is 0 Å². The Balaban J connectivity index is 3.16. The maximum Gasteiger partial charge on any atom is 0.374 e. The zero-order valence-electron chi connectivity index (χ0n) is 5.69. The average molecular weight is 195 g/mol. The van der Waals surface area contributed by atoms with E-state index in [0.717, 1.165) is 6.42 Å². The van der Waals surface area contributed by atoms with Crippen molar-refractivity contribution in [2.75, 3.05) is 6.61 Å². The van der Waals surface area contributed by atoms with Gasteiger partial charge < -0.3 is 4.74 Å². The monoisotopic (exact) mass is 194 g/mol. The van der Waals surface area contributed by atoms with Crippen molar-refractivity contribution in [3.05, 3.63) is 0 Å². The van der Waals surface area contributed by atoms with Crippen LogP contribution in [0.2, 0.25) is 0 Å². The van der Waals surface area contributed by atoms with Crippen LogP contribution in [0.4, 0.5) is 4.79 Å². The summed E-state index contributed by atoms with van der Waals surface area (Å²) in [4.78, 5) is 9.79. The normalized spacial score (nSPS) is 12.8. The molecule has 0 aromatic heterocycles. The van der Waals surface area contributed by atoms with Gasteiger partial charge in [0, 0.05) is 15.9 Å². The lowest BCUT2D eigenvalue weighted by atomic mass is 10.1. The number of rotatable bonds is 3.